The number of nitrogens with zero attached hydrogens (tertiary/aromatic N) is 3. The van der Waals surface area contributed by atoms with Gasteiger partial charge in [0.15, 0.2) is 0 Å². The van der Waals surface area contributed by atoms with Crippen molar-refractivity contribution in [2.75, 3.05) is 17.2 Å². The number of benzene rings is 3. The van der Waals surface area contributed by atoms with Gasteiger partial charge in [-0.05, 0) is 53.9 Å². The molecule has 0 saturated heterocycles. The Morgan fingerprint density at radius 1 is 0.964 bits per heavy atom. The maximum absolute atomic E-state index is 6.00. The van der Waals surface area contributed by atoms with E-state index in [1.165, 1.54) is 5.56 Å². The molecule has 0 fully saturated rings. The van der Waals surface area contributed by atoms with Gasteiger partial charge >= 0.3 is 0 Å². The van der Waals surface area contributed by atoms with Gasteiger partial charge in [-0.25, -0.2) is 9.97 Å². The molecular weight excluding hydrogens is 348 g/mol. The van der Waals surface area contributed by atoms with Crippen molar-refractivity contribution < 1.29 is 4.74 Å². The van der Waals surface area contributed by atoms with Crippen molar-refractivity contribution in [3.05, 3.63) is 84.2 Å². The van der Waals surface area contributed by atoms with Crippen LogP contribution < -0.4 is 15.4 Å². The van der Waals surface area contributed by atoms with Gasteiger partial charge in [-0.15, -0.1) is 0 Å². The number of hydrogen-bond donors (Lipinski definition) is 1. The number of hydrogen-bond acceptors (Lipinski definition) is 5. The van der Waals surface area contributed by atoms with Crippen molar-refractivity contribution in [1.29, 1.82) is 0 Å². The summed E-state index contributed by atoms with van der Waals surface area (Å²) in [5.41, 5.74) is 11.2. The Labute approximate surface area is 163 Å². The molecule has 0 saturated carbocycles. The summed E-state index contributed by atoms with van der Waals surface area (Å²) in [4.78, 5) is 11.2. The second-order valence-corrected chi connectivity index (χ2v) is 6.94. The molecule has 0 aliphatic carbocycles. The maximum Gasteiger partial charge on any atom is 0.144 e. The van der Waals surface area contributed by atoms with Crippen LogP contribution in [0.1, 0.15) is 11.1 Å². The van der Waals surface area contributed by atoms with E-state index in [9.17, 15) is 0 Å². The fraction of sp³-hybridized carbons (Fsp3) is 0.130. The van der Waals surface area contributed by atoms with Crippen molar-refractivity contribution >= 4 is 28.1 Å². The summed E-state index contributed by atoms with van der Waals surface area (Å²) in [6.45, 7) is 1.44. The van der Waals surface area contributed by atoms with Crippen molar-refractivity contribution in [3.8, 4) is 5.75 Å². The lowest BCUT2D eigenvalue weighted by Crippen LogP contribution is -2.15. The first-order chi connectivity index (χ1) is 13.8. The van der Waals surface area contributed by atoms with Crippen LogP contribution in [0.3, 0.4) is 0 Å². The number of nitrogens with two attached hydrogens (primary N) is 1. The summed E-state index contributed by atoms with van der Waals surface area (Å²) >= 11 is 0. The molecule has 1 aliphatic heterocycles. The van der Waals surface area contributed by atoms with Gasteiger partial charge < -0.3 is 15.4 Å². The normalized spacial score (nSPS) is 12.9. The van der Waals surface area contributed by atoms with Crippen molar-refractivity contribution in [1.82, 2.24) is 9.97 Å². The average Bonchev–Trinajstić information content (AvgIpc) is 3.15. The van der Waals surface area contributed by atoms with Gasteiger partial charge in [-0.3, -0.25) is 0 Å². The van der Waals surface area contributed by atoms with Crippen LogP contribution in [0, 0.1) is 0 Å². The zero-order chi connectivity index (χ0) is 18.9. The van der Waals surface area contributed by atoms with Gasteiger partial charge in [-0.1, -0.05) is 30.3 Å². The molecular formula is C23H20N4O. The molecule has 5 heteroatoms. The molecule has 0 unspecified atom stereocenters. The van der Waals surface area contributed by atoms with Gasteiger partial charge in [0.1, 0.15) is 24.5 Å². The fourth-order valence-corrected chi connectivity index (χ4v) is 3.70. The summed E-state index contributed by atoms with van der Waals surface area (Å²) in [6.07, 6.45) is 2.56. The molecule has 5 nitrogen and oxygen atoms in total. The minimum Gasteiger partial charge on any atom is -0.489 e. The van der Waals surface area contributed by atoms with Gasteiger partial charge in [0.25, 0.3) is 0 Å². The Kier molecular flexibility index (Phi) is 4.05. The van der Waals surface area contributed by atoms with Gasteiger partial charge in [0.05, 0.1) is 5.52 Å². The van der Waals surface area contributed by atoms with E-state index in [-0.39, 0.29) is 0 Å². The van der Waals surface area contributed by atoms with E-state index >= 15 is 0 Å². The molecule has 1 aromatic heterocycles. The lowest BCUT2D eigenvalue weighted by atomic mass is 10.1. The summed E-state index contributed by atoms with van der Waals surface area (Å²) in [5.74, 6) is 1.79. The Morgan fingerprint density at radius 2 is 1.86 bits per heavy atom. The third kappa shape index (κ3) is 3.01. The minimum atomic E-state index is 0.569. The SMILES string of the molecule is Nc1ccc2ncnc(N3CCc4cc(OCc5ccccc5)ccc43)c2c1. The van der Waals surface area contributed by atoms with Crippen LogP contribution in [0.15, 0.2) is 73.1 Å². The first-order valence-electron chi connectivity index (χ1n) is 9.35. The second-order valence-electron chi connectivity index (χ2n) is 6.94. The van der Waals surface area contributed by atoms with E-state index in [0.717, 1.165) is 46.7 Å². The Hall–Kier alpha value is -3.60. The van der Waals surface area contributed by atoms with Crippen molar-refractivity contribution in [2.45, 2.75) is 13.0 Å². The molecule has 0 atom stereocenters. The van der Waals surface area contributed by atoms with E-state index < -0.39 is 0 Å². The number of rotatable bonds is 4. The second kappa shape index (κ2) is 6.85. The summed E-state index contributed by atoms with van der Waals surface area (Å²) in [6, 6.07) is 22.2. The monoisotopic (exact) mass is 368 g/mol. The molecule has 5 rings (SSSR count). The summed E-state index contributed by atoms with van der Waals surface area (Å²) in [7, 11) is 0. The van der Waals surface area contributed by atoms with Crippen LogP contribution in [0.2, 0.25) is 0 Å². The molecule has 0 bridgehead atoms. The number of ether oxygens (including phenoxy) is 1. The summed E-state index contributed by atoms with van der Waals surface area (Å²) < 4.78 is 5.98. The highest BCUT2D eigenvalue weighted by Crippen LogP contribution is 2.38. The quantitative estimate of drug-likeness (QED) is 0.538. The maximum atomic E-state index is 6.00. The van der Waals surface area contributed by atoms with E-state index in [2.05, 4.69) is 39.1 Å². The fourth-order valence-electron chi connectivity index (χ4n) is 3.70. The van der Waals surface area contributed by atoms with Crippen LogP contribution in [-0.2, 0) is 13.0 Å². The lowest BCUT2D eigenvalue weighted by molar-refractivity contribution is 0.306. The highest BCUT2D eigenvalue weighted by Gasteiger charge is 2.23. The third-order valence-corrected chi connectivity index (χ3v) is 5.09. The number of anilines is 3. The van der Waals surface area contributed by atoms with E-state index in [1.54, 1.807) is 6.33 Å². The predicted octanol–water partition coefficient (Wildman–Crippen LogP) is 4.49. The molecule has 28 heavy (non-hydrogen) atoms. The van der Waals surface area contributed by atoms with Crippen LogP contribution in [0.4, 0.5) is 17.2 Å². The molecule has 2 heterocycles. The molecule has 0 radical (unpaired) electrons. The largest absolute Gasteiger partial charge is 0.489 e. The smallest absolute Gasteiger partial charge is 0.144 e. The standard InChI is InChI=1S/C23H20N4O/c24-18-6-8-21-20(13-18)23(26-15-25-21)27-11-10-17-12-19(7-9-22(17)27)28-14-16-4-2-1-3-5-16/h1-9,12-13,15H,10-11,14,24H2. The molecule has 4 aromatic rings. The molecule has 3 aromatic carbocycles. The van der Waals surface area contributed by atoms with Crippen LogP contribution in [0.5, 0.6) is 5.75 Å². The molecule has 2 N–H and O–H groups in total. The van der Waals surface area contributed by atoms with E-state index in [0.29, 0.717) is 12.3 Å². The zero-order valence-electron chi connectivity index (χ0n) is 15.4. The predicted molar refractivity (Wildman–Crippen MR) is 112 cm³/mol. The van der Waals surface area contributed by atoms with Gasteiger partial charge in [0, 0.05) is 23.3 Å². The number of aromatic nitrogens is 2. The lowest BCUT2D eigenvalue weighted by Gasteiger charge is -2.20. The first kappa shape index (κ1) is 16.6. The Bertz CT molecular complexity index is 1140. The van der Waals surface area contributed by atoms with Crippen molar-refractivity contribution in [3.63, 3.8) is 0 Å². The third-order valence-electron chi connectivity index (χ3n) is 5.09. The highest BCUT2D eigenvalue weighted by molar-refractivity contribution is 5.94. The van der Waals surface area contributed by atoms with Gasteiger partial charge in [-0.2, -0.15) is 0 Å². The topological polar surface area (TPSA) is 64.3 Å². The molecule has 0 spiro atoms. The van der Waals surface area contributed by atoms with Crippen LogP contribution in [0.25, 0.3) is 10.9 Å². The Balaban J connectivity index is 1.44. The Morgan fingerprint density at radius 3 is 2.75 bits per heavy atom. The van der Waals surface area contributed by atoms with Gasteiger partial charge in [0.2, 0.25) is 0 Å². The first-order valence-corrected chi connectivity index (χ1v) is 9.35. The van der Waals surface area contributed by atoms with Crippen molar-refractivity contribution in [2.24, 2.45) is 0 Å². The van der Waals surface area contributed by atoms with Crippen LogP contribution >= 0.6 is 0 Å². The average molecular weight is 368 g/mol. The molecule has 138 valence electrons. The van der Waals surface area contributed by atoms with E-state index in [4.69, 9.17) is 10.5 Å². The molecule has 1 aliphatic rings. The minimum absolute atomic E-state index is 0.569. The number of nitrogen functional groups attached to an aromatic ring is 1. The molecule has 0 amide bonds. The van der Waals surface area contributed by atoms with E-state index in [1.807, 2.05) is 42.5 Å². The number of fused-ring (bicyclic) bond motifs is 2. The summed E-state index contributed by atoms with van der Waals surface area (Å²) in [5, 5.41) is 0.972. The zero-order valence-corrected chi connectivity index (χ0v) is 15.4. The highest BCUT2D eigenvalue weighted by atomic mass is 16.5. The van der Waals surface area contributed by atoms with Crippen LogP contribution in [-0.4, -0.2) is 16.5 Å².